The maximum Gasteiger partial charge on any atom is 0.191 e. The Morgan fingerprint density at radius 1 is 1.11 bits per heavy atom. The average Bonchev–Trinajstić information content (AvgIpc) is 2.72. The summed E-state index contributed by atoms with van der Waals surface area (Å²) in [7, 11) is 1.61. The van der Waals surface area contributed by atoms with Gasteiger partial charge in [0.1, 0.15) is 5.75 Å². The molecule has 0 spiro atoms. The van der Waals surface area contributed by atoms with Crippen LogP contribution in [0.25, 0.3) is 0 Å². The van der Waals surface area contributed by atoms with Crippen LogP contribution in [0.2, 0.25) is 5.02 Å². The van der Waals surface area contributed by atoms with E-state index in [2.05, 4.69) is 9.89 Å². The number of nitrogens with two attached hydrogens (primary N) is 1. The summed E-state index contributed by atoms with van der Waals surface area (Å²) >= 11 is 5.95. The topological polar surface area (TPSA) is 74.3 Å². The summed E-state index contributed by atoms with van der Waals surface area (Å²) in [6, 6.07) is 15.2. The number of aliphatic hydroxyl groups is 1. The van der Waals surface area contributed by atoms with Crippen molar-refractivity contribution in [2.75, 3.05) is 44.7 Å². The molecule has 1 aliphatic heterocycles. The van der Waals surface area contributed by atoms with Crippen LogP contribution in [0.4, 0.5) is 5.69 Å². The van der Waals surface area contributed by atoms with E-state index in [1.54, 1.807) is 7.11 Å². The van der Waals surface area contributed by atoms with Crippen molar-refractivity contribution in [2.45, 2.75) is 6.10 Å². The van der Waals surface area contributed by atoms with Gasteiger partial charge in [-0.1, -0.05) is 23.7 Å². The highest BCUT2D eigenvalue weighted by molar-refractivity contribution is 14.0. The molecule has 1 atom stereocenters. The van der Waals surface area contributed by atoms with E-state index in [9.17, 15) is 5.11 Å². The van der Waals surface area contributed by atoms with Gasteiger partial charge in [-0.15, -0.1) is 24.0 Å². The Morgan fingerprint density at radius 3 is 2.29 bits per heavy atom. The smallest absolute Gasteiger partial charge is 0.191 e. The van der Waals surface area contributed by atoms with E-state index in [-0.39, 0.29) is 30.5 Å². The Hall–Kier alpha value is -1.71. The van der Waals surface area contributed by atoms with Crippen LogP contribution in [-0.4, -0.2) is 55.8 Å². The molecule has 1 unspecified atom stereocenters. The molecule has 3 rings (SSSR count). The van der Waals surface area contributed by atoms with Crippen molar-refractivity contribution in [2.24, 2.45) is 10.7 Å². The second-order valence-electron chi connectivity index (χ2n) is 6.44. The van der Waals surface area contributed by atoms with Crippen LogP contribution in [-0.2, 0) is 0 Å². The molecule has 152 valence electrons. The number of aliphatic hydroxyl groups excluding tert-OH is 1. The van der Waals surface area contributed by atoms with Gasteiger partial charge in [-0.25, -0.2) is 0 Å². The zero-order valence-corrected chi connectivity index (χ0v) is 18.9. The fourth-order valence-electron chi connectivity index (χ4n) is 3.06. The van der Waals surface area contributed by atoms with E-state index in [1.807, 2.05) is 53.4 Å². The number of hydrogen-bond donors (Lipinski definition) is 2. The molecule has 3 N–H and O–H groups in total. The summed E-state index contributed by atoms with van der Waals surface area (Å²) in [5.74, 6) is 1.23. The summed E-state index contributed by atoms with van der Waals surface area (Å²) in [5.41, 5.74) is 8.08. The predicted molar refractivity (Wildman–Crippen MR) is 125 cm³/mol. The zero-order chi connectivity index (χ0) is 19.2. The molecular formula is C20H26ClIN4O2. The first-order valence-corrected chi connectivity index (χ1v) is 9.32. The molecule has 1 aliphatic rings. The Bertz CT molecular complexity index is 763. The lowest BCUT2D eigenvalue weighted by atomic mass is 10.1. The first-order valence-electron chi connectivity index (χ1n) is 8.94. The third kappa shape index (κ3) is 5.89. The van der Waals surface area contributed by atoms with Crippen LogP contribution in [0.15, 0.2) is 53.5 Å². The molecule has 0 radical (unpaired) electrons. The molecule has 0 bridgehead atoms. The van der Waals surface area contributed by atoms with Crippen molar-refractivity contribution in [1.82, 2.24) is 4.90 Å². The number of anilines is 1. The average molecular weight is 517 g/mol. The SMILES string of the molecule is COc1ccc(C(O)CN=C(N)N2CCN(c3ccc(Cl)cc3)CC2)cc1.I. The van der Waals surface area contributed by atoms with Gasteiger partial charge in [0.05, 0.1) is 19.8 Å². The third-order valence-corrected chi connectivity index (χ3v) is 4.97. The van der Waals surface area contributed by atoms with Crippen LogP contribution < -0.4 is 15.4 Å². The molecule has 0 aliphatic carbocycles. The van der Waals surface area contributed by atoms with E-state index in [4.69, 9.17) is 22.1 Å². The first kappa shape index (κ1) is 22.6. The normalized spacial score (nSPS) is 15.8. The lowest BCUT2D eigenvalue weighted by Gasteiger charge is -2.36. The number of aliphatic imine (C=N–C) groups is 1. The highest BCUT2D eigenvalue weighted by Crippen LogP contribution is 2.20. The van der Waals surface area contributed by atoms with Crippen LogP contribution >= 0.6 is 35.6 Å². The standard InChI is InChI=1S/C20H25ClN4O2.HI/c1-27-18-8-2-15(3-9-18)19(26)14-23-20(22)25-12-10-24(11-13-25)17-6-4-16(21)5-7-17;/h2-9,19,26H,10-14H2,1H3,(H2,22,23);1H. The van der Waals surface area contributed by atoms with Gasteiger partial charge in [0.2, 0.25) is 0 Å². The van der Waals surface area contributed by atoms with Gasteiger partial charge in [0.15, 0.2) is 5.96 Å². The lowest BCUT2D eigenvalue weighted by molar-refractivity contribution is 0.186. The predicted octanol–water partition coefficient (Wildman–Crippen LogP) is 3.14. The molecule has 2 aromatic carbocycles. The summed E-state index contributed by atoms with van der Waals surface area (Å²) in [6.07, 6.45) is -0.690. The fraction of sp³-hybridized carbons (Fsp3) is 0.350. The molecule has 0 aromatic heterocycles. The molecule has 2 aromatic rings. The van der Waals surface area contributed by atoms with Gasteiger partial charge in [0.25, 0.3) is 0 Å². The number of methoxy groups -OCH3 is 1. The van der Waals surface area contributed by atoms with Crippen molar-refractivity contribution in [3.8, 4) is 5.75 Å². The lowest BCUT2D eigenvalue weighted by Crippen LogP contribution is -2.51. The zero-order valence-electron chi connectivity index (χ0n) is 15.8. The molecule has 1 fully saturated rings. The van der Waals surface area contributed by atoms with Crippen molar-refractivity contribution in [3.63, 3.8) is 0 Å². The van der Waals surface area contributed by atoms with E-state index in [0.717, 1.165) is 48.2 Å². The Balaban J connectivity index is 0.00000280. The fourth-order valence-corrected chi connectivity index (χ4v) is 3.18. The highest BCUT2D eigenvalue weighted by atomic mass is 127. The molecule has 6 nitrogen and oxygen atoms in total. The number of nitrogens with zero attached hydrogens (tertiary/aromatic N) is 3. The number of guanidine groups is 1. The van der Waals surface area contributed by atoms with Crippen molar-refractivity contribution in [3.05, 3.63) is 59.1 Å². The number of hydrogen-bond acceptors (Lipinski definition) is 4. The summed E-state index contributed by atoms with van der Waals surface area (Å²) < 4.78 is 5.13. The van der Waals surface area contributed by atoms with Crippen molar-refractivity contribution in [1.29, 1.82) is 0 Å². The van der Waals surface area contributed by atoms with Gasteiger partial charge in [-0.3, -0.25) is 4.99 Å². The minimum atomic E-state index is -0.690. The number of piperazine rings is 1. The number of halogens is 2. The first-order chi connectivity index (χ1) is 13.1. The highest BCUT2D eigenvalue weighted by Gasteiger charge is 2.19. The molecule has 1 saturated heterocycles. The molecule has 0 amide bonds. The van der Waals surface area contributed by atoms with Crippen LogP contribution in [0, 0.1) is 0 Å². The second kappa shape index (κ2) is 10.7. The van der Waals surface area contributed by atoms with Gasteiger partial charge in [-0.05, 0) is 42.0 Å². The number of rotatable bonds is 5. The maximum atomic E-state index is 10.3. The van der Waals surface area contributed by atoms with E-state index in [1.165, 1.54) is 0 Å². The molecule has 28 heavy (non-hydrogen) atoms. The minimum absolute atomic E-state index is 0. The van der Waals surface area contributed by atoms with Crippen LogP contribution in [0.1, 0.15) is 11.7 Å². The summed E-state index contributed by atoms with van der Waals surface area (Å²) in [5, 5.41) is 11.0. The van der Waals surface area contributed by atoms with Gasteiger partial charge < -0.3 is 25.4 Å². The van der Waals surface area contributed by atoms with E-state index in [0.29, 0.717) is 5.96 Å². The number of benzene rings is 2. The van der Waals surface area contributed by atoms with Gasteiger partial charge >= 0.3 is 0 Å². The number of ether oxygens (including phenoxy) is 1. The largest absolute Gasteiger partial charge is 0.497 e. The van der Waals surface area contributed by atoms with E-state index >= 15 is 0 Å². The Morgan fingerprint density at radius 2 is 1.71 bits per heavy atom. The second-order valence-corrected chi connectivity index (χ2v) is 6.87. The van der Waals surface area contributed by atoms with Gasteiger partial charge in [-0.2, -0.15) is 0 Å². The molecule has 8 heteroatoms. The quantitative estimate of drug-likeness (QED) is 0.363. The van der Waals surface area contributed by atoms with E-state index < -0.39 is 6.10 Å². The molecule has 0 saturated carbocycles. The monoisotopic (exact) mass is 516 g/mol. The Labute approximate surface area is 188 Å². The maximum absolute atomic E-state index is 10.3. The minimum Gasteiger partial charge on any atom is -0.497 e. The molecule has 1 heterocycles. The third-order valence-electron chi connectivity index (χ3n) is 4.72. The van der Waals surface area contributed by atoms with Crippen molar-refractivity contribution < 1.29 is 9.84 Å². The Kier molecular flexibility index (Phi) is 8.65. The molecular weight excluding hydrogens is 491 g/mol. The van der Waals surface area contributed by atoms with Crippen LogP contribution in [0.5, 0.6) is 5.75 Å². The van der Waals surface area contributed by atoms with Crippen molar-refractivity contribution >= 4 is 47.2 Å². The summed E-state index contributed by atoms with van der Waals surface area (Å²) in [6.45, 7) is 3.53. The van der Waals surface area contributed by atoms with Crippen LogP contribution in [0.3, 0.4) is 0 Å². The summed E-state index contributed by atoms with van der Waals surface area (Å²) in [4.78, 5) is 8.73. The van der Waals surface area contributed by atoms with Gasteiger partial charge in [0, 0.05) is 36.9 Å².